The molecule has 1 aromatic heterocycles. The maximum absolute atomic E-state index is 14.0. The highest BCUT2D eigenvalue weighted by Crippen LogP contribution is 2.31. The quantitative estimate of drug-likeness (QED) is 0.435. The van der Waals surface area contributed by atoms with E-state index in [0.717, 1.165) is 10.8 Å². The van der Waals surface area contributed by atoms with E-state index in [-0.39, 0.29) is 17.7 Å². The van der Waals surface area contributed by atoms with Crippen LogP contribution in [0, 0.1) is 10.5 Å². The van der Waals surface area contributed by atoms with Gasteiger partial charge in [-0.15, -0.1) is 0 Å². The number of esters is 2. The van der Waals surface area contributed by atoms with E-state index in [9.17, 15) is 18.8 Å². The molecule has 33 heavy (non-hydrogen) atoms. The van der Waals surface area contributed by atoms with Crippen molar-refractivity contribution in [2.75, 3.05) is 6.61 Å². The maximum Gasteiger partial charge on any atom is 0.338 e. The third-order valence-electron chi connectivity index (χ3n) is 5.07. The fourth-order valence-electron chi connectivity index (χ4n) is 3.42. The molecule has 0 amide bonds. The molecule has 0 bridgehead atoms. The number of benzene rings is 2. The van der Waals surface area contributed by atoms with Gasteiger partial charge in [-0.3, -0.25) is 9.55 Å². The lowest BCUT2D eigenvalue weighted by Crippen LogP contribution is -2.32. The lowest BCUT2D eigenvalue weighted by Gasteiger charge is -2.19. The highest BCUT2D eigenvalue weighted by molar-refractivity contribution is 7.71. The van der Waals surface area contributed by atoms with Crippen LogP contribution in [-0.2, 0) is 14.2 Å². The van der Waals surface area contributed by atoms with E-state index in [4.69, 9.17) is 26.4 Å². The van der Waals surface area contributed by atoms with E-state index in [1.807, 2.05) is 0 Å². The van der Waals surface area contributed by atoms with Gasteiger partial charge >= 0.3 is 17.6 Å². The first-order chi connectivity index (χ1) is 15.9. The molecule has 0 spiro atoms. The third-order valence-corrected chi connectivity index (χ3v) is 5.37. The minimum atomic E-state index is -0.965. The first kappa shape index (κ1) is 22.6. The van der Waals surface area contributed by atoms with E-state index in [1.165, 1.54) is 0 Å². The lowest BCUT2D eigenvalue weighted by atomic mass is 10.1. The van der Waals surface area contributed by atoms with Crippen molar-refractivity contribution in [3.8, 4) is 0 Å². The summed E-state index contributed by atoms with van der Waals surface area (Å²) in [5.41, 5.74) is -0.00625. The van der Waals surface area contributed by atoms with Gasteiger partial charge < -0.3 is 14.2 Å². The van der Waals surface area contributed by atoms with Gasteiger partial charge in [0.05, 0.1) is 17.3 Å². The number of carbonyl (C=O) groups is 2. The molecule has 0 saturated carbocycles. The van der Waals surface area contributed by atoms with Crippen LogP contribution >= 0.6 is 12.2 Å². The van der Waals surface area contributed by atoms with Gasteiger partial charge in [0, 0.05) is 6.42 Å². The molecule has 170 valence electrons. The summed E-state index contributed by atoms with van der Waals surface area (Å²) in [5, 5.41) is 0. The number of hydrogen-bond acceptors (Lipinski definition) is 7. The number of H-pyrrole nitrogens is 1. The largest absolute Gasteiger partial charge is 0.459 e. The minimum Gasteiger partial charge on any atom is -0.459 e. The van der Waals surface area contributed by atoms with Gasteiger partial charge in [0.15, 0.2) is 5.82 Å². The number of rotatable bonds is 6. The lowest BCUT2D eigenvalue weighted by molar-refractivity contribution is -0.0584. The van der Waals surface area contributed by atoms with Gasteiger partial charge in [-0.2, -0.15) is 0 Å². The molecule has 1 aliphatic heterocycles. The summed E-state index contributed by atoms with van der Waals surface area (Å²) < 4.78 is 31.4. The molecule has 2 heterocycles. The Morgan fingerprint density at radius 2 is 1.67 bits per heavy atom. The van der Waals surface area contributed by atoms with Crippen molar-refractivity contribution in [3.63, 3.8) is 0 Å². The number of aromatic amines is 1. The van der Waals surface area contributed by atoms with Crippen LogP contribution in [-0.4, -0.2) is 40.3 Å². The molecule has 3 aromatic rings. The average Bonchev–Trinajstić information content (AvgIpc) is 3.23. The van der Waals surface area contributed by atoms with Gasteiger partial charge in [-0.05, 0) is 24.3 Å². The Bertz CT molecular complexity index is 1260. The van der Waals surface area contributed by atoms with Crippen molar-refractivity contribution in [2.45, 2.75) is 24.9 Å². The number of halogens is 1. The van der Waals surface area contributed by atoms with Crippen LogP contribution in [0.2, 0.25) is 0 Å². The van der Waals surface area contributed by atoms with Gasteiger partial charge in [-0.1, -0.05) is 48.6 Å². The molecular formula is C23H19FN2O6S. The summed E-state index contributed by atoms with van der Waals surface area (Å²) in [5.74, 6) is -1.98. The van der Waals surface area contributed by atoms with Crippen LogP contribution in [0.15, 0.2) is 71.7 Å². The third kappa shape index (κ3) is 5.24. The number of carbonyl (C=O) groups excluding carboxylic acids is 2. The van der Waals surface area contributed by atoms with Gasteiger partial charge in [-0.25, -0.2) is 18.8 Å². The molecule has 1 N–H and O–H groups in total. The molecule has 10 heteroatoms. The topological polar surface area (TPSA) is 99.6 Å². The number of nitrogens with one attached hydrogen (secondary N) is 1. The molecule has 4 rings (SSSR count). The fraction of sp³-hybridized carbons (Fsp3) is 0.217. The highest BCUT2D eigenvalue weighted by atomic mass is 32.1. The maximum atomic E-state index is 14.0. The van der Waals surface area contributed by atoms with Crippen molar-refractivity contribution in [1.29, 1.82) is 0 Å². The van der Waals surface area contributed by atoms with Crippen LogP contribution in [0.1, 0.15) is 33.4 Å². The van der Waals surface area contributed by atoms with Crippen LogP contribution < -0.4 is 5.69 Å². The summed E-state index contributed by atoms with van der Waals surface area (Å²) in [4.78, 5) is 39.4. The molecular weight excluding hydrogens is 451 g/mol. The molecule has 8 nitrogen and oxygen atoms in total. The monoisotopic (exact) mass is 470 g/mol. The van der Waals surface area contributed by atoms with Crippen LogP contribution in [0.3, 0.4) is 0 Å². The SMILES string of the molecule is O=C(OC[C@H]1O[C@@H](n2cc(F)c(=S)[nH]c2=O)C[C@@H]1OC(=O)c1ccccc1)c1ccccc1. The van der Waals surface area contributed by atoms with Crippen LogP contribution in [0.5, 0.6) is 0 Å². The summed E-state index contributed by atoms with van der Waals surface area (Å²) >= 11 is 4.74. The van der Waals surface area contributed by atoms with Crippen molar-refractivity contribution in [2.24, 2.45) is 0 Å². The average molecular weight is 470 g/mol. The second kappa shape index (κ2) is 9.88. The number of nitrogens with zero attached hydrogens (tertiary/aromatic N) is 1. The minimum absolute atomic E-state index is 0.0378. The zero-order valence-electron chi connectivity index (χ0n) is 17.2. The Hall–Kier alpha value is -3.63. The van der Waals surface area contributed by atoms with Gasteiger partial charge in [0.25, 0.3) is 0 Å². The molecule has 1 saturated heterocycles. The van der Waals surface area contributed by atoms with Crippen molar-refractivity contribution < 1.29 is 28.2 Å². The van der Waals surface area contributed by atoms with Crippen molar-refractivity contribution in [3.05, 3.63) is 98.9 Å². The van der Waals surface area contributed by atoms with Gasteiger partial charge in [0.1, 0.15) is 29.7 Å². The van der Waals surface area contributed by atoms with E-state index < -0.39 is 41.9 Å². The Kier molecular flexibility index (Phi) is 6.76. The molecule has 2 aromatic carbocycles. The second-order valence-corrected chi connectivity index (χ2v) is 7.69. The molecule has 0 radical (unpaired) electrons. The highest BCUT2D eigenvalue weighted by Gasteiger charge is 2.40. The van der Waals surface area contributed by atoms with E-state index >= 15 is 0 Å². The fourth-order valence-corrected chi connectivity index (χ4v) is 3.56. The standard InChI is InChI=1S/C23H19FN2O6S/c24-16-12-26(23(29)25-20(16)33)19-11-17(32-22(28)15-9-5-2-6-10-15)18(31-19)13-30-21(27)14-7-3-1-4-8-14/h1-10,12,17-19H,11,13H2,(H,25,29,33)/t17-,18+,19+/m0/s1. The van der Waals surface area contributed by atoms with Crippen LogP contribution in [0.4, 0.5) is 4.39 Å². The predicted octanol–water partition coefficient (Wildman–Crippen LogP) is 3.42. The summed E-state index contributed by atoms with van der Waals surface area (Å²) in [6, 6.07) is 16.7. The first-order valence-electron chi connectivity index (χ1n) is 10.1. The van der Waals surface area contributed by atoms with Gasteiger partial charge in [0.2, 0.25) is 0 Å². The Morgan fingerprint density at radius 3 is 2.30 bits per heavy atom. The molecule has 0 unspecified atom stereocenters. The molecule has 0 aliphatic carbocycles. The molecule has 1 fully saturated rings. The Labute approximate surface area is 192 Å². The predicted molar refractivity (Wildman–Crippen MR) is 117 cm³/mol. The zero-order chi connectivity index (χ0) is 23.4. The van der Waals surface area contributed by atoms with Crippen LogP contribution in [0.25, 0.3) is 0 Å². The van der Waals surface area contributed by atoms with E-state index in [1.54, 1.807) is 60.7 Å². The Morgan fingerprint density at radius 1 is 1.06 bits per heavy atom. The van der Waals surface area contributed by atoms with E-state index in [0.29, 0.717) is 11.1 Å². The summed E-state index contributed by atoms with van der Waals surface area (Å²) in [6.45, 7) is -0.239. The molecule has 3 atom stereocenters. The first-order valence-corrected chi connectivity index (χ1v) is 10.5. The summed E-state index contributed by atoms with van der Waals surface area (Å²) in [6.07, 6.45) is -1.73. The van der Waals surface area contributed by atoms with Crippen molar-refractivity contribution >= 4 is 24.2 Å². The Balaban J connectivity index is 1.53. The number of aromatic nitrogens is 2. The zero-order valence-corrected chi connectivity index (χ0v) is 18.0. The summed E-state index contributed by atoms with van der Waals surface area (Å²) in [7, 11) is 0. The second-order valence-electron chi connectivity index (χ2n) is 7.28. The number of hydrogen-bond donors (Lipinski definition) is 1. The van der Waals surface area contributed by atoms with Crippen molar-refractivity contribution in [1.82, 2.24) is 9.55 Å². The number of ether oxygens (including phenoxy) is 3. The smallest absolute Gasteiger partial charge is 0.338 e. The normalized spacial score (nSPS) is 19.7. The molecule has 1 aliphatic rings. The van der Waals surface area contributed by atoms with E-state index in [2.05, 4.69) is 4.98 Å².